The molecule has 0 saturated heterocycles. The average molecular weight is 241 g/mol. The van der Waals surface area contributed by atoms with Gasteiger partial charge in [0.15, 0.2) is 12.1 Å². The minimum absolute atomic E-state index is 0.174. The van der Waals surface area contributed by atoms with Gasteiger partial charge in [-0.3, -0.25) is 4.79 Å². The maximum Gasteiger partial charge on any atom is 0.153 e. The molecule has 0 saturated carbocycles. The molecule has 0 aliphatic rings. The topological polar surface area (TPSA) is 47.8 Å². The molecule has 2 rings (SSSR count). The third kappa shape index (κ3) is 2.37. The number of pyridine rings is 1. The van der Waals surface area contributed by atoms with Crippen molar-refractivity contribution < 1.29 is 4.79 Å². The summed E-state index contributed by atoms with van der Waals surface area (Å²) in [5.41, 5.74) is 1.39. The van der Waals surface area contributed by atoms with Crippen molar-refractivity contribution in [1.82, 2.24) is 14.8 Å². The number of hydrogen-bond donors (Lipinski definition) is 0. The van der Waals surface area contributed by atoms with Crippen LogP contribution in [0.1, 0.15) is 35.3 Å². The molecule has 2 heterocycles. The van der Waals surface area contributed by atoms with Crippen LogP contribution in [-0.2, 0) is 0 Å². The highest BCUT2D eigenvalue weighted by Gasteiger charge is 2.15. The lowest BCUT2D eigenvalue weighted by molar-refractivity contribution is 0.112. The summed E-state index contributed by atoms with van der Waals surface area (Å²) in [7, 11) is 0. The monoisotopic (exact) mass is 241 g/mol. The van der Waals surface area contributed by atoms with Gasteiger partial charge in [0, 0.05) is 18.3 Å². The molecule has 2 aromatic heterocycles. The highest BCUT2D eigenvalue weighted by Crippen LogP contribution is 2.21. The molecular weight excluding hydrogens is 226 g/mol. The Bertz CT molecular complexity index is 545. The maximum absolute atomic E-state index is 11.1. The zero-order chi connectivity index (χ0) is 13.0. The van der Waals surface area contributed by atoms with E-state index in [0.29, 0.717) is 11.4 Å². The summed E-state index contributed by atoms with van der Waals surface area (Å²) in [4.78, 5) is 15.3. The molecular formula is C14H15N3O. The summed E-state index contributed by atoms with van der Waals surface area (Å²) in [5.74, 6) is 0.880. The Hall–Kier alpha value is -2.23. The van der Waals surface area contributed by atoms with Gasteiger partial charge in [0.25, 0.3) is 0 Å². The van der Waals surface area contributed by atoms with Crippen LogP contribution in [0.5, 0.6) is 0 Å². The van der Waals surface area contributed by atoms with E-state index in [4.69, 9.17) is 0 Å². The molecule has 0 radical (unpaired) electrons. The Morgan fingerprint density at radius 1 is 1.50 bits per heavy atom. The lowest BCUT2D eigenvalue weighted by atomic mass is 10.0. The first-order valence-electron chi connectivity index (χ1n) is 5.83. The SMILES string of the molecule is C=CCC(C)c1nn(-c2ccccn2)cc1C=O. The van der Waals surface area contributed by atoms with Crippen molar-refractivity contribution in [3.63, 3.8) is 0 Å². The normalized spacial score (nSPS) is 12.1. The number of carbonyl (C=O) groups is 1. The number of hydrogen-bond acceptors (Lipinski definition) is 3. The Balaban J connectivity index is 2.41. The van der Waals surface area contributed by atoms with Gasteiger partial charge in [-0.1, -0.05) is 19.1 Å². The summed E-state index contributed by atoms with van der Waals surface area (Å²) >= 11 is 0. The second-order valence-electron chi connectivity index (χ2n) is 4.15. The van der Waals surface area contributed by atoms with Gasteiger partial charge in [0.05, 0.1) is 11.3 Å². The number of rotatable bonds is 5. The van der Waals surface area contributed by atoms with E-state index in [1.54, 1.807) is 17.1 Å². The Morgan fingerprint density at radius 3 is 2.94 bits per heavy atom. The fourth-order valence-corrected chi connectivity index (χ4v) is 1.84. The molecule has 1 atom stereocenters. The molecule has 0 fully saturated rings. The third-order valence-electron chi connectivity index (χ3n) is 2.77. The molecule has 92 valence electrons. The number of carbonyl (C=O) groups excluding carboxylic acids is 1. The van der Waals surface area contributed by atoms with Crippen molar-refractivity contribution in [2.24, 2.45) is 0 Å². The van der Waals surface area contributed by atoms with E-state index < -0.39 is 0 Å². The van der Waals surface area contributed by atoms with Crippen LogP contribution < -0.4 is 0 Å². The summed E-state index contributed by atoms with van der Waals surface area (Å²) in [5, 5.41) is 4.44. The van der Waals surface area contributed by atoms with E-state index in [-0.39, 0.29) is 5.92 Å². The number of aromatic nitrogens is 3. The predicted molar refractivity (Wildman–Crippen MR) is 70.0 cm³/mol. The van der Waals surface area contributed by atoms with Gasteiger partial charge < -0.3 is 0 Å². The summed E-state index contributed by atoms with van der Waals surface area (Å²) < 4.78 is 1.64. The minimum atomic E-state index is 0.174. The van der Waals surface area contributed by atoms with Crippen LogP contribution >= 0.6 is 0 Å². The number of allylic oxidation sites excluding steroid dienone is 1. The molecule has 0 amide bonds. The largest absolute Gasteiger partial charge is 0.298 e. The van der Waals surface area contributed by atoms with Crippen molar-refractivity contribution in [2.75, 3.05) is 0 Å². The van der Waals surface area contributed by atoms with Crippen molar-refractivity contribution in [2.45, 2.75) is 19.3 Å². The van der Waals surface area contributed by atoms with Gasteiger partial charge in [-0.15, -0.1) is 6.58 Å². The second kappa shape index (κ2) is 5.40. The predicted octanol–water partition coefficient (Wildman–Crippen LogP) is 2.76. The Labute approximate surface area is 106 Å². The molecule has 18 heavy (non-hydrogen) atoms. The molecule has 4 nitrogen and oxygen atoms in total. The van der Waals surface area contributed by atoms with Crippen molar-refractivity contribution in [3.8, 4) is 5.82 Å². The van der Waals surface area contributed by atoms with Gasteiger partial charge in [-0.2, -0.15) is 5.10 Å². The standard InChI is InChI=1S/C14H15N3O/c1-3-6-11(2)14-12(10-18)9-17(16-14)13-7-4-5-8-15-13/h3-5,7-11H,1,6H2,2H3. The van der Waals surface area contributed by atoms with Crippen LogP contribution in [0.25, 0.3) is 5.82 Å². The van der Waals surface area contributed by atoms with Crippen LogP contribution in [0.15, 0.2) is 43.2 Å². The van der Waals surface area contributed by atoms with Gasteiger partial charge in [-0.25, -0.2) is 9.67 Å². The van der Waals surface area contributed by atoms with Crippen molar-refractivity contribution in [1.29, 1.82) is 0 Å². The van der Waals surface area contributed by atoms with E-state index in [1.807, 2.05) is 31.2 Å². The smallest absolute Gasteiger partial charge is 0.153 e. The number of nitrogens with zero attached hydrogens (tertiary/aromatic N) is 3. The summed E-state index contributed by atoms with van der Waals surface area (Å²) in [6, 6.07) is 5.58. The third-order valence-corrected chi connectivity index (χ3v) is 2.77. The Morgan fingerprint density at radius 2 is 2.33 bits per heavy atom. The van der Waals surface area contributed by atoms with E-state index >= 15 is 0 Å². The van der Waals surface area contributed by atoms with Crippen LogP contribution in [-0.4, -0.2) is 21.1 Å². The second-order valence-corrected chi connectivity index (χ2v) is 4.15. The first-order chi connectivity index (χ1) is 8.76. The lowest BCUT2D eigenvalue weighted by Crippen LogP contribution is -2.00. The molecule has 0 bridgehead atoms. The van der Waals surface area contributed by atoms with Crippen LogP contribution in [0.3, 0.4) is 0 Å². The maximum atomic E-state index is 11.1. The van der Waals surface area contributed by atoms with Gasteiger partial charge in [0.2, 0.25) is 0 Å². The van der Waals surface area contributed by atoms with Crippen molar-refractivity contribution >= 4 is 6.29 Å². The zero-order valence-corrected chi connectivity index (χ0v) is 10.3. The first-order valence-corrected chi connectivity index (χ1v) is 5.83. The van der Waals surface area contributed by atoms with E-state index in [9.17, 15) is 4.79 Å². The average Bonchev–Trinajstić information content (AvgIpc) is 2.84. The van der Waals surface area contributed by atoms with E-state index in [1.165, 1.54) is 0 Å². The molecule has 0 aliphatic carbocycles. The zero-order valence-electron chi connectivity index (χ0n) is 10.3. The number of aldehydes is 1. The van der Waals surface area contributed by atoms with E-state index in [0.717, 1.165) is 18.4 Å². The molecule has 0 aromatic carbocycles. The molecule has 4 heteroatoms. The van der Waals surface area contributed by atoms with Crippen LogP contribution in [0.2, 0.25) is 0 Å². The summed E-state index contributed by atoms with van der Waals surface area (Å²) in [6.45, 7) is 5.74. The fraction of sp³-hybridized carbons (Fsp3) is 0.214. The fourth-order valence-electron chi connectivity index (χ4n) is 1.84. The minimum Gasteiger partial charge on any atom is -0.298 e. The molecule has 1 unspecified atom stereocenters. The molecule has 2 aromatic rings. The molecule has 0 N–H and O–H groups in total. The van der Waals surface area contributed by atoms with Crippen LogP contribution in [0.4, 0.5) is 0 Å². The quantitative estimate of drug-likeness (QED) is 0.597. The molecule has 0 aliphatic heterocycles. The molecule has 0 spiro atoms. The van der Waals surface area contributed by atoms with Gasteiger partial charge in [-0.05, 0) is 18.6 Å². The van der Waals surface area contributed by atoms with E-state index in [2.05, 4.69) is 16.7 Å². The summed E-state index contributed by atoms with van der Waals surface area (Å²) in [6.07, 6.45) is 6.87. The highest BCUT2D eigenvalue weighted by atomic mass is 16.1. The van der Waals surface area contributed by atoms with Gasteiger partial charge in [0.1, 0.15) is 0 Å². The van der Waals surface area contributed by atoms with Crippen LogP contribution in [0, 0.1) is 0 Å². The highest BCUT2D eigenvalue weighted by molar-refractivity contribution is 5.76. The Kier molecular flexibility index (Phi) is 3.67. The first kappa shape index (κ1) is 12.2. The van der Waals surface area contributed by atoms with Crippen molar-refractivity contribution in [3.05, 3.63) is 54.5 Å². The lowest BCUT2D eigenvalue weighted by Gasteiger charge is -2.05. The van der Waals surface area contributed by atoms with Gasteiger partial charge >= 0.3 is 0 Å².